The molecule has 2 atom stereocenters. The van der Waals surface area contributed by atoms with Crippen molar-refractivity contribution in [2.75, 3.05) is 50.6 Å². The van der Waals surface area contributed by atoms with Gasteiger partial charge in [-0.05, 0) is 62.2 Å². The molecular formula is C27H34N4O3S. The van der Waals surface area contributed by atoms with Crippen LogP contribution in [0.25, 0.3) is 11.5 Å². The van der Waals surface area contributed by atoms with Crippen molar-refractivity contribution in [1.29, 1.82) is 0 Å². The highest BCUT2D eigenvalue weighted by atomic mass is 32.2. The van der Waals surface area contributed by atoms with E-state index in [4.69, 9.17) is 13.9 Å². The molecule has 0 aliphatic carbocycles. The number of methoxy groups -OCH3 is 1. The summed E-state index contributed by atoms with van der Waals surface area (Å²) in [4.78, 5) is 5.16. The normalized spacial score (nSPS) is 20.5. The molecule has 1 aromatic heterocycles. The van der Waals surface area contributed by atoms with Gasteiger partial charge in [-0.25, -0.2) is 0 Å². The Bertz CT molecular complexity index is 1050. The van der Waals surface area contributed by atoms with E-state index in [-0.39, 0.29) is 0 Å². The molecule has 35 heavy (non-hydrogen) atoms. The van der Waals surface area contributed by atoms with Gasteiger partial charge in [-0.2, -0.15) is 0 Å². The highest BCUT2D eigenvalue weighted by molar-refractivity contribution is 7.98. The Kier molecular flexibility index (Phi) is 8.23. The van der Waals surface area contributed by atoms with Gasteiger partial charge in [0.1, 0.15) is 5.75 Å². The van der Waals surface area contributed by atoms with Gasteiger partial charge in [0.15, 0.2) is 0 Å². The fourth-order valence-electron chi connectivity index (χ4n) is 5.10. The molecule has 2 fully saturated rings. The van der Waals surface area contributed by atoms with E-state index in [1.165, 1.54) is 31.5 Å². The van der Waals surface area contributed by atoms with Gasteiger partial charge < -0.3 is 18.8 Å². The van der Waals surface area contributed by atoms with Gasteiger partial charge in [0.25, 0.3) is 0 Å². The highest BCUT2D eigenvalue weighted by Crippen LogP contribution is 2.30. The zero-order valence-corrected chi connectivity index (χ0v) is 21.2. The summed E-state index contributed by atoms with van der Waals surface area (Å²) in [6, 6.07) is 19.6. The summed E-state index contributed by atoms with van der Waals surface area (Å²) in [7, 11) is 1.81. The van der Waals surface area contributed by atoms with Crippen LogP contribution in [-0.2, 0) is 10.5 Å². The minimum Gasteiger partial charge on any atom is -0.493 e. The van der Waals surface area contributed by atoms with Gasteiger partial charge in [0, 0.05) is 49.3 Å². The average Bonchev–Trinajstić information content (AvgIpc) is 3.66. The summed E-state index contributed by atoms with van der Waals surface area (Å²) in [6.07, 6.45) is 3.75. The standard InChI is InChI=1S/C27H34N4O3S/c1-32-19-24-6-5-14-31(24)23-13-15-30(18-23)22-11-9-21(10-12-22)27-29-28-26(34-27)20-35-17-16-33-25-7-3-2-4-8-25/h2-4,7-12,23-24H,5-6,13-20H2,1H3. The molecule has 2 aromatic carbocycles. The first kappa shape index (κ1) is 24.2. The number of likely N-dealkylation sites (tertiary alicyclic amines) is 1. The van der Waals surface area contributed by atoms with Crippen molar-refractivity contribution >= 4 is 17.4 Å². The van der Waals surface area contributed by atoms with E-state index in [1.54, 1.807) is 11.8 Å². The van der Waals surface area contributed by atoms with Crippen molar-refractivity contribution in [3.63, 3.8) is 0 Å². The van der Waals surface area contributed by atoms with Crippen LogP contribution >= 0.6 is 11.8 Å². The van der Waals surface area contributed by atoms with Gasteiger partial charge in [0.2, 0.25) is 11.8 Å². The maximum Gasteiger partial charge on any atom is 0.247 e. The van der Waals surface area contributed by atoms with Crippen molar-refractivity contribution in [1.82, 2.24) is 15.1 Å². The molecule has 2 unspecified atom stereocenters. The minimum absolute atomic E-state index is 0.575. The Morgan fingerprint density at radius 2 is 1.89 bits per heavy atom. The number of rotatable bonds is 11. The zero-order valence-electron chi connectivity index (χ0n) is 20.3. The monoisotopic (exact) mass is 494 g/mol. The summed E-state index contributed by atoms with van der Waals surface area (Å²) >= 11 is 1.73. The van der Waals surface area contributed by atoms with Crippen LogP contribution in [0.4, 0.5) is 5.69 Å². The topological polar surface area (TPSA) is 63.9 Å². The van der Waals surface area contributed by atoms with Crippen molar-refractivity contribution in [3.05, 3.63) is 60.5 Å². The lowest BCUT2D eigenvalue weighted by atomic mass is 10.2. The van der Waals surface area contributed by atoms with E-state index in [1.807, 2.05) is 37.4 Å². The third-order valence-electron chi connectivity index (χ3n) is 6.83. The van der Waals surface area contributed by atoms with E-state index in [2.05, 4.69) is 44.3 Å². The molecule has 0 radical (unpaired) electrons. The number of thioether (sulfide) groups is 1. The van der Waals surface area contributed by atoms with Crippen molar-refractivity contribution in [2.24, 2.45) is 0 Å². The summed E-state index contributed by atoms with van der Waals surface area (Å²) in [5.41, 5.74) is 2.22. The average molecular weight is 495 g/mol. The van der Waals surface area contributed by atoms with Crippen LogP contribution < -0.4 is 9.64 Å². The van der Waals surface area contributed by atoms with Crippen LogP contribution in [0.1, 0.15) is 25.2 Å². The van der Waals surface area contributed by atoms with Crippen LogP contribution in [0.5, 0.6) is 5.75 Å². The third-order valence-corrected chi connectivity index (χ3v) is 7.73. The van der Waals surface area contributed by atoms with Gasteiger partial charge in [-0.1, -0.05) is 18.2 Å². The number of benzene rings is 2. The van der Waals surface area contributed by atoms with Gasteiger partial charge in [-0.3, -0.25) is 4.90 Å². The molecule has 186 valence electrons. The molecule has 3 aromatic rings. The van der Waals surface area contributed by atoms with Crippen molar-refractivity contribution in [3.8, 4) is 17.2 Å². The predicted molar refractivity (Wildman–Crippen MR) is 140 cm³/mol. The lowest BCUT2D eigenvalue weighted by Gasteiger charge is -2.30. The molecule has 0 saturated carbocycles. The highest BCUT2D eigenvalue weighted by Gasteiger charge is 2.34. The number of aromatic nitrogens is 2. The van der Waals surface area contributed by atoms with Crippen LogP contribution in [0.2, 0.25) is 0 Å². The molecule has 0 amide bonds. The summed E-state index contributed by atoms with van der Waals surface area (Å²) < 4.78 is 17.1. The number of para-hydroxylation sites is 1. The molecule has 0 bridgehead atoms. The second-order valence-electron chi connectivity index (χ2n) is 9.14. The van der Waals surface area contributed by atoms with Crippen LogP contribution in [0, 0.1) is 0 Å². The quantitative estimate of drug-likeness (QED) is 0.354. The van der Waals surface area contributed by atoms with Gasteiger partial charge >= 0.3 is 0 Å². The number of hydrogen-bond donors (Lipinski definition) is 0. The smallest absolute Gasteiger partial charge is 0.247 e. The third kappa shape index (κ3) is 6.18. The van der Waals surface area contributed by atoms with Gasteiger partial charge in [-0.15, -0.1) is 22.0 Å². The van der Waals surface area contributed by atoms with E-state index >= 15 is 0 Å². The molecule has 0 spiro atoms. The Hall–Kier alpha value is -2.55. The summed E-state index contributed by atoms with van der Waals surface area (Å²) in [6.45, 7) is 4.87. The number of nitrogens with zero attached hydrogens (tertiary/aromatic N) is 4. The second kappa shape index (κ2) is 11.9. The predicted octanol–water partition coefficient (Wildman–Crippen LogP) is 4.74. The van der Waals surface area contributed by atoms with E-state index in [0.29, 0.717) is 36.2 Å². The Labute approximate surface area is 211 Å². The van der Waals surface area contributed by atoms with E-state index in [9.17, 15) is 0 Å². The first-order chi connectivity index (χ1) is 17.3. The Morgan fingerprint density at radius 1 is 1.03 bits per heavy atom. The summed E-state index contributed by atoms with van der Waals surface area (Å²) in [5.74, 6) is 3.66. The number of ether oxygens (including phenoxy) is 2. The molecule has 2 saturated heterocycles. The second-order valence-corrected chi connectivity index (χ2v) is 10.2. The Balaban J connectivity index is 1.09. The maximum absolute atomic E-state index is 5.90. The number of hydrogen-bond acceptors (Lipinski definition) is 8. The minimum atomic E-state index is 0.575. The number of anilines is 1. The van der Waals surface area contributed by atoms with Crippen LogP contribution in [-0.4, -0.2) is 72.9 Å². The van der Waals surface area contributed by atoms with Crippen molar-refractivity contribution < 1.29 is 13.9 Å². The first-order valence-corrected chi connectivity index (χ1v) is 13.6. The molecule has 2 aliphatic rings. The van der Waals surface area contributed by atoms with Crippen molar-refractivity contribution in [2.45, 2.75) is 37.1 Å². The Morgan fingerprint density at radius 3 is 2.71 bits per heavy atom. The lowest BCUT2D eigenvalue weighted by Crippen LogP contribution is -2.42. The molecule has 0 N–H and O–H groups in total. The molecule has 8 heteroatoms. The molecular weight excluding hydrogens is 460 g/mol. The summed E-state index contributed by atoms with van der Waals surface area (Å²) in [5, 5.41) is 8.48. The lowest BCUT2D eigenvalue weighted by molar-refractivity contribution is 0.0943. The molecule has 7 nitrogen and oxygen atoms in total. The fourth-order valence-corrected chi connectivity index (χ4v) is 5.73. The molecule has 3 heterocycles. The van der Waals surface area contributed by atoms with Crippen LogP contribution in [0.3, 0.4) is 0 Å². The maximum atomic E-state index is 5.90. The van der Waals surface area contributed by atoms with Crippen LogP contribution in [0.15, 0.2) is 59.0 Å². The zero-order chi connectivity index (χ0) is 23.9. The SMILES string of the molecule is COCC1CCCN1C1CCN(c2ccc(-c3nnc(CSCCOc4ccccc4)o3)cc2)C1. The molecule has 5 rings (SSSR count). The van der Waals surface area contributed by atoms with E-state index < -0.39 is 0 Å². The first-order valence-electron chi connectivity index (χ1n) is 12.5. The van der Waals surface area contributed by atoms with E-state index in [0.717, 1.165) is 36.8 Å². The largest absolute Gasteiger partial charge is 0.493 e. The van der Waals surface area contributed by atoms with Gasteiger partial charge in [0.05, 0.1) is 19.0 Å². The fraction of sp³-hybridized carbons (Fsp3) is 0.481. The molecule has 2 aliphatic heterocycles.